The normalized spacial score (nSPS) is 13.7. The van der Waals surface area contributed by atoms with Crippen LogP contribution in [0.1, 0.15) is 16.7 Å². The van der Waals surface area contributed by atoms with Gasteiger partial charge in [0.1, 0.15) is 0 Å². The number of anilines is 1. The van der Waals surface area contributed by atoms with Gasteiger partial charge in [0.25, 0.3) is 0 Å². The van der Waals surface area contributed by atoms with Crippen LogP contribution in [0.25, 0.3) is 10.8 Å². The molecule has 4 rings (SSSR count). The fraction of sp³-hybridized carbons (Fsp3) is 0.150. The second-order valence-corrected chi connectivity index (χ2v) is 5.73. The maximum absolute atomic E-state index is 9.30. The third-order valence-corrected chi connectivity index (χ3v) is 4.49. The molecule has 0 atom stereocenters. The van der Waals surface area contributed by atoms with E-state index in [1.165, 1.54) is 22.2 Å². The maximum Gasteiger partial charge on any atom is 0.0998 e. The van der Waals surface area contributed by atoms with Crippen molar-refractivity contribution in [2.45, 2.75) is 13.0 Å². The van der Waals surface area contributed by atoms with E-state index < -0.39 is 0 Å². The molecule has 3 aromatic rings. The highest BCUT2D eigenvalue weighted by atomic mass is 15.1. The van der Waals surface area contributed by atoms with E-state index in [0.29, 0.717) is 0 Å². The quantitative estimate of drug-likeness (QED) is 0.667. The van der Waals surface area contributed by atoms with Gasteiger partial charge < -0.3 is 4.90 Å². The standard InChI is InChI=1S/C20H16N2/c21-13-16-9-10-20(19-8-4-3-7-18(16)19)22-12-11-15-5-1-2-6-17(15)14-22/h1-10H,11-12,14H2. The Balaban J connectivity index is 1.82. The molecule has 0 saturated heterocycles. The molecule has 0 bridgehead atoms. The summed E-state index contributed by atoms with van der Waals surface area (Å²) < 4.78 is 0. The summed E-state index contributed by atoms with van der Waals surface area (Å²) >= 11 is 0. The van der Waals surface area contributed by atoms with Crippen molar-refractivity contribution in [2.75, 3.05) is 11.4 Å². The summed E-state index contributed by atoms with van der Waals surface area (Å²) in [7, 11) is 0. The highest BCUT2D eigenvalue weighted by Gasteiger charge is 2.18. The third-order valence-electron chi connectivity index (χ3n) is 4.49. The molecule has 2 heteroatoms. The first kappa shape index (κ1) is 12.9. The molecule has 0 aromatic heterocycles. The Hall–Kier alpha value is -2.79. The zero-order valence-electron chi connectivity index (χ0n) is 12.3. The van der Waals surface area contributed by atoms with Gasteiger partial charge in [-0.1, -0.05) is 48.5 Å². The lowest BCUT2D eigenvalue weighted by Gasteiger charge is -2.31. The van der Waals surface area contributed by atoms with Crippen molar-refractivity contribution in [2.24, 2.45) is 0 Å². The molecule has 106 valence electrons. The van der Waals surface area contributed by atoms with Gasteiger partial charge in [-0.3, -0.25) is 0 Å². The molecule has 3 aromatic carbocycles. The second-order valence-electron chi connectivity index (χ2n) is 5.73. The Morgan fingerprint density at radius 3 is 2.36 bits per heavy atom. The molecule has 0 fully saturated rings. The van der Waals surface area contributed by atoms with Gasteiger partial charge in [-0.15, -0.1) is 0 Å². The molecule has 0 aliphatic carbocycles. The Kier molecular flexibility index (Phi) is 3.05. The summed E-state index contributed by atoms with van der Waals surface area (Å²) in [5, 5.41) is 11.5. The topological polar surface area (TPSA) is 27.0 Å². The summed E-state index contributed by atoms with van der Waals surface area (Å²) in [6.45, 7) is 1.96. The smallest absolute Gasteiger partial charge is 0.0998 e. The summed E-state index contributed by atoms with van der Waals surface area (Å²) in [5.74, 6) is 0. The van der Waals surface area contributed by atoms with E-state index >= 15 is 0 Å². The van der Waals surface area contributed by atoms with Gasteiger partial charge in [-0.05, 0) is 29.7 Å². The van der Waals surface area contributed by atoms with E-state index in [2.05, 4.69) is 47.4 Å². The van der Waals surface area contributed by atoms with Crippen LogP contribution >= 0.6 is 0 Å². The lowest BCUT2D eigenvalue weighted by molar-refractivity contribution is 0.734. The molecule has 1 heterocycles. The first-order chi connectivity index (χ1) is 10.9. The molecule has 1 aliphatic rings. The predicted molar refractivity (Wildman–Crippen MR) is 89.9 cm³/mol. The SMILES string of the molecule is N#Cc1ccc(N2CCc3ccccc3C2)c2ccccc12. The third kappa shape index (κ3) is 2.03. The number of fused-ring (bicyclic) bond motifs is 2. The average Bonchev–Trinajstić information content (AvgIpc) is 2.60. The Bertz CT molecular complexity index is 890. The fourth-order valence-corrected chi connectivity index (χ4v) is 3.36. The van der Waals surface area contributed by atoms with Crippen LogP contribution < -0.4 is 4.90 Å². The molecular formula is C20H16N2. The summed E-state index contributed by atoms with van der Waals surface area (Å²) in [5.41, 5.74) is 4.83. The van der Waals surface area contributed by atoms with Crippen LogP contribution in [0.3, 0.4) is 0 Å². The van der Waals surface area contributed by atoms with Crippen LogP contribution in [-0.4, -0.2) is 6.54 Å². The van der Waals surface area contributed by atoms with Crippen molar-refractivity contribution in [3.05, 3.63) is 77.4 Å². The van der Waals surface area contributed by atoms with Crippen molar-refractivity contribution in [3.63, 3.8) is 0 Å². The first-order valence-electron chi connectivity index (χ1n) is 7.60. The minimum atomic E-state index is 0.747. The molecule has 0 saturated carbocycles. The number of nitriles is 1. The number of rotatable bonds is 1. The zero-order chi connectivity index (χ0) is 14.9. The van der Waals surface area contributed by atoms with Crippen molar-refractivity contribution in [3.8, 4) is 6.07 Å². The summed E-state index contributed by atoms with van der Waals surface area (Å²) in [4.78, 5) is 2.42. The molecule has 0 unspecified atom stereocenters. The Morgan fingerprint density at radius 2 is 1.55 bits per heavy atom. The van der Waals surface area contributed by atoms with Crippen molar-refractivity contribution in [1.82, 2.24) is 0 Å². The molecule has 0 N–H and O–H groups in total. The Labute approximate surface area is 130 Å². The summed E-state index contributed by atoms with van der Waals surface area (Å²) in [6, 6.07) is 23.2. The highest BCUT2D eigenvalue weighted by molar-refractivity contribution is 5.97. The highest BCUT2D eigenvalue weighted by Crippen LogP contribution is 2.32. The van der Waals surface area contributed by atoms with Gasteiger partial charge in [0.05, 0.1) is 11.6 Å². The molecule has 0 radical (unpaired) electrons. The van der Waals surface area contributed by atoms with Crippen LogP contribution in [0.15, 0.2) is 60.7 Å². The molecule has 0 spiro atoms. The number of hydrogen-bond acceptors (Lipinski definition) is 2. The van der Waals surface area contributed by atoms with Crippen LogP contribution in [0.4, 0.5) is 5.69 Å². The largest absolute Gasteiger partial charge is 0.366 e. The molecule has 2 nitrogen and oxygen atoms in total. The van der Waals surface area contributed by atoms with Crippen LogP contribution in [0.2, 0.25) is 0 Å². The van der Waals surface area contributed by atoms with Crippen LogP contribution in [-0.2, 0) is 13.0 Å². The van der Waals surface area contributed by atoms with Crippen molar-refractivity contribution >= 4 is 16.5 Å². The summed E-state index contributed by atoms with van der Waals surface area (Å²) in [6.07, 6.45) is 1.07. The van der Waals surface area contributed by atoms with Crippen LogP contribution in [0.5, 0.6) is 0 Å². The number of nitrogens with zero attached hydrogens (tertiary/aromatic N) is 2. The lowest BCUT2D eigenvalue weighted by Crippen LogP contribution is -2.30. The maximum atomic E-state index is 9.30. The number of benzene rings is 3. The second kappa shape index (κ2) is 5.20. The van der Waals surface area contributed by atoms with E-state index in [1.54, 1.807) is 0 Å². The number of hydrogen-bond donors (Lipinski definition) is 0. The van der Waals surface area contributed by atoms with E-state index in [9.17, 15) is 5.26 Å². The molecule has 22 heavy (non-hydrogen) atoms. The van der Waals surface area contributed by atoms with Gasteiger partial charge in [-0.25, -0.2) is 0 Å². The van der Waals surface area contributed by atoms with Gasteiger partial charge in [-0.2, -0.15) is 5.26 Å². The fourth-order valence-electron chi connectivity index (χ4n) is 3.36. The van der Waals surface area contributed by atoms with E-state index in [1.807, 2.05) is 24.3 Å². The van der Waals surface area contributed by atoms with Crippen LogP contribution in [0, 0.1) is 11.3 Å². The van der Waals surface area contributed by atoms with Gasteiger partial charge in [0, 0.05) is 29.5 Å². The van der Waals surface area contributed by atoms with E-state index in [4.69, 9.17) is 0 Å². The lowest BCUT2D eigenvalue weighted by atomic mass is 9.97. The zero-order valence-corrected chi connectivity index (χ0v) is 12.3. The first-order valence-corrected chi connectivity index (χ1v) is 7.60. The van der Waals surface area contributed by atoms with E-state index in [-0.39, 0.29) is 0 Å². The minimum Gasteiger partial charge on any atom is -0.366 e. The van der Waals surface area contributed by atoms with Gasteiger partial charge in [0.15, 0.2) is 0 Å². The van der Waals surface area contributed by atoms with Gasteiger partial charge >= 0.3 is 0 Å². The van der Waals surface area contributed by atoms with Crippen molar-refractivity contribution < 1.29 is 0 Å². The Morgan fingerprint density at radius 1 is 0.818 bits per heavy atom. The molecule has 0 amide bonds. The molecule has 1 aliphatic heterocycles. The minimum absolute atomic E-state index is 0.747. The average molecular weight is 284 g/mol. The van der Waals surface area contributed by atoms with Gasteiger partial charge in [0.2, 0.25) is 0 Å². The van der Waals surface area contributed by atoms with Crippen molar-refractivity contribution in [1.29, 1.82) is 5.26 Å². The predicted octanol–water partition coefficient (Wildman–Crippen LogP) is 4.27. The monoisotopic (exact) mass is 284 g/mol. The molecular weight excluding hydrogens is 268 g/mol. The van der Waals surface area contributed by atoms with E-state index in [0.717, 1.165) is 30.5 Å².